The summed E-state index contributed by atoms with van der Waals surface area (Å²) in [6.45, 7) is 5.36. The summed E-state index contributed by atoms with van der Waals surface area (Å²) in [7, 11) is 1.26. The fourth-order valence-electron chi connectivity index (χ4n) is 1.55. The minimum atomic E-state index is -1.20. The van der Waals surface area contributed by atoms with Crippen molar-refractivity contribution in [2.45, 2.75) is 31.7 Å². The van der Waals surface area contributed by atoms with Crippen molar-refractivity contribution < 1.29 is 33.0 Å². The molecule has 1 saturated heterocycles. The molecule has 1 heterocycles. The third kappa shape index (κ3) is 4.05. The molecule has 3 atom stereocenters. The van der Waals surface area contributed by atoms with Gasteiger partial charge in [0.2, 0.25) is 0 Å². The van der Waals surface area contributed by atoms with Gasteiger partial charge in [-0.15, -0.1) is 6.58 Å². The topological polar surface area (TPSA) is 80.3 Å². The second kappa shape index (κ2) is 7.27. The van der Waals surface area contributed by atoms with E-state index >= 15 is 0 Å². The Bertz CT molecular complexity index is 322. The summed E-state index contributed by atoms with van der Waals surface area (Å²) in [6, 6.07) is 0. The van der Waals surface area contributed by atoms with Gasteiger partial charge >= 0.3 is 19.3 Å². The lowest BCUT2D eigenvalue weighted by Gasteiger charge is -2.12. The SMILES string of the molecule is C=CC[C@@H](C)OB1O[C@@H](C(=O)OC)[C@H](C(=O)OC)O1. The van der Waals surface area contributed by atoms with Crippen LogP contribution in [-0.4, -0.2) is 51.8 Å². The number of hydrogen-bond donors (Lipinski definition) is 0. The van der Waals surface area contributed by atoms with Crippen molar-refractivity contribution in [2.75, 3.05) is 14.2 Å². The normalized spacial score (nSPS) is 23.8. The standard InChI is InChI=1S/C11H17BO7/c1-5-6-7(2)17-12-18-8(10(13)15-3)9(19-12)11(14)16-4/h5,7-9H,1,6H2,2-4H3/t7-,8-,9-/m1/s1. The van der Waals surface area contributed by atoms with Crippen LogP contribution in [0.15, 0.2) is 12.7 Å². The molecule has 1 fully saturated rings. The zero-order valence-electron chi connectivity index (χ0n) is 11.2. The smallest absolute Gasteiger partial charge is 0.467 e. The number of carbonyl (C=O) groups is 2. The lowest BCUT2D eigenvalue weighted by molar-refractivity contribution is -0.160. The molecule has 0 aliphatic carbocycles. The summed E-state index contributed by atoms with van der Waals surface area (Å²) in [4.78, 5) is 23.0. The number of methoxy groups -OCH3 is 2. The first-order valence-corrected chi connectivity index (χ1v) is 5.76. The summed E-state index contributed by atoms with van der Waals surface area (Å²) in [5.41, 5.74) is 0. The Balaban J connectivity index is 2.68. The zero-order chi connectivity index (χ0) is 14.4. The van der Waals surface area contributed by atoms with Crippen molar-refractivity contribution in [2.24, 2.45) is 0 Å². The van der Waals surface area contributed by atoms with Gasteiger partial charge in [0, 0.05) is 6.10 Å². The second-order valence-corrected chi connectivity index (χ2v) is 3.92. The van der Waals surface area contributed by atoms with Crippen LogP contribution in [0.25, 0.3) is 0 Å². The van der Waals surface area contributed by atoms with Gasteiger partial charge in [-0.1, -0.05) is 6.08 Å². The number of ether oxygens (including phenoxy) is 2. The average molecular weight is 272 g/mol. The van der Waals surface area contributed by atoms with E-state index in [1.165, 1.54) is 14.2 Å². The Morgan fingerprint density at radius 3 is 2.11 bits per heavy atom. The van der Waals surface area contributed by atoms with Gasteiger partial charge in [-0.2, -0.15) is 0 Å². The van der Waals surface area contributed by atoms with Crippen LogP contribution < -0.4 is 0 Å². The molecule has 0 aromatic heterocycles. The van der Waals surface area contributed by atoms with E-state index in [2.05, 4.69) is 16.1 Å². The maximum atomic E-state index is 11.5. The van der Waals surface area contributed by atoms with Crippen molar-refractivity contribution in [1.82, 2.24) is 0 Å². The van der Waals surface area contributed by atoms with Crippen molar-refractivity contribution in [3.63, 3.8) is 0 Å². The van der Waals surface area contributed by atoms with Crippen LogP contribution in [0.2, 0.25) is 0 Å². The Kier molecular flexibility index (Phi) is 6.00. The second-order valence-electron chi connectivity index (χ2n) is 3.92. The van der Waals surface area contributed by atoms with Crippen LogP contribution in [0.3, 0.4) is 0 Å². The number of hydrogen-bond acceptors (Lipinski definition) is 7. The van der Waals surface area contributed by atoms with Crippen LogP contribution in [0, 0.1) is 0 Å². The van der Waals surface area contributed by atoms with E-state index in [1.807, 2.05) is 0 Å². The molecule has 19 heavy (non-hydrogen) atoms. The molecule has 1 aliphatic rings. The molecule has 8 heteroatoms. The number of carbonyl (C=O) groups excluding carboxylic acids is 2. The fourth-order valence-corrected chi connectivity index (χ4v) is 1.55. The molecule has 106 valence electrons. The average Bonchev–Trinajstić information content (AvgIpc) is 2.80. The largest absolute Gasteiger partial charge is 0.641 e. The molecule has 0 unspecified atom stereocenters. The molecule has 7 nitrogen and oxygen atoms in total. The summed E-state index contributed by atoms with van der Waals surface area (Å²) in [6.07, 6.45) is -0.363. The molecule has 0 N–H and O–H groups in total. The number of esters is 2. The highest BCUT2D eigenvalue weighted by atomic mass is 16.8. The Morgan fingerprint density at radius 2 is 1.74 bits per heavy atom. The molecule has 1 aliphatic heterocycles. The van der Waals surface area contributed by atoms with Gasteiger partial charge in [0.1, 0.15) is 0 Å². The van der Waals surface area contributed by atoms with Crippen molar-refractivity contribution in [3.8, 4) is 0 Å². The molecular formula is C11H17BO7. The van der Waals surface area contributed by atoms with E-state index in [1.54, 1.807) is 13.0 Å². The highest BCUT2D eigenvalue weighted by molar-refractivity contribution is 6.38. The summed E-state index contributed by atoms with van der Waals surface area (Å²) in [5, 5.41) is 0. The van der Waals surface area contributed by atoms with Gasteiger partial charge in [-0.25, -0.2) is 9.59 Å². The van der Waals surface area contributed by atoms with E-state index < -0.39 is 31.5 Å². The van der Waals surface area contributed by atoms with Gasteiger partial charge in [0.05, 0.1) is 14.2 Å². The van der Waals surface area contributed by atoms with Gasteiger partial charge in [-0.05, 0) is 13.3 Å². The Morgan fingerprint density at radius 1 is 1.26 bits per heavy atom. The minimum absolute atomic E-state index is 0.225. The van der Waals surface area contributed by atoms with Crippen LogP contribution in [-0.2, 0) is 33.0 Å². The predicted molar refractivity (Wildman–Crippen MR) is 64.9 cm³/mol. The van der Waals surface area contributed by atoms with Gasteiger partial charge in [0.15, 0.2) is 12.2 Å². The summed E-state index contributed by atoms with van der Waals surface area (Å²) < 4.78 is 24.9. The molecule has 0 amide bonds. The van der Waals surface area contributed by atoms with Crippen molar-refractivity contribution in [3.05, 3.63) is 12.7 Å². The van der Waals surface area contributed by atoms with Crippen LogP contribution in [0.4, 0.5) is 0 Å². The monoisotopic (exact) mass is 272 g/mol. The molecule has 0 bridgehead atoms. The van der Waals surface area contributed by atoms with Gasteiger partial charge in [-0.3, -0.25) is 0 Å². The number of rotatable bonds is 6. The van der Waals surface area contributed by atoms with E-state index in [-0.39, 0.29) is 6.10 Å². The Labute approximate surface area is 112 Å². The maximum Gasteiger partial charge on any atom is 0.641 e. The summed E-state index contributed by atoms with van der Waals surface area (Å²) in [5.74, 6) is -1.45. The first-order valence-electron chi connectivity index (χ1n) is 5.76. The van der Waals surface area contributed by atoms with E-state index in [0.29, 0.717) is 6.42 Å². The van der Waals surface area contributed by atoms with Crippen molar-refractivity contribution >= 4 is 19.3 Å². The van der Waals surface area contributed by atoms with Crippen LogP contribution in [0.1, 0.15) is 13.3 Å². The molecule has 0 radical (unpaired) electrons. The molecule has 0 aromatic rings. The van der Waals surface area contributed by atoms with Gasteiger partial charge in [0.25, 0.3) is 0 Å². The molecular weight excluding hydrogens is 255 g/mol. The first-order chi connectivity index (χ1) is 9.03. The first kappa shape index (κ1) is 15.7. The predicted octanol–water partition coefficient (Wildman–Crippen LogP) is 0.0825. The van der Waals surface area contributed by atoms with Gasteiger partial charge < -0.3 is 23.4 Å². The zero-order valence-corrected chi connectivity index (χ0v) is 11.2. The molecule has 0 aromatic carbocycles. The van der Waals surface area contributed by atoms with E-state index in [0.717, 1.165) is 0 Å². The lowest BCUT2D eigenvalue weighted by atomic mass is 10.2. The van der Waals surface area contributed by atoms with Crippen LogP contribution in [0.5, 0.6) is 0 Å². The third-order valence-corrected chi connectivity index (χ3v) is 2.50. The molecule has 1 rings (SSSR count). The summed E-state index contributed by atoms with van der Waals surface area (Å²) >= 11 is 0. The van der Waals surface area contributed by atoms with E-state index in [9.17, 15) is 9.59 Å². The van der Waals surface area contributed by atoms with E-state index in [4.69, 9.17) is 14.0 Å². The highest BCUT2D eigenvalue weighted by Crippen LogP contribution is 2.21. The highest BCUT2D eigenvalue weighted by Gasteiger charge is 2.51. The van der Waals surface area contributed by atoms with Crippen molar-refractivity contribution in [1.29, 1.82) is 0 Å². The van der Waals surface area contributed by atoms with Crippen LogP contribution >= 0.6 is 0 Å². The minimum Gasteiger partial charge on any atom is -0.467 e. The fraction of sp³-hybridized carbons (Fsp3) is 0.636. The quantitative estimate of drug-likeness (QED) is 0.385. The Hall–Kier alpha value is -1.38. The lowest BCUT2D eigenvalue weighted by Crippen LogP contribution is -2.38. The third-order valence-electron chi connectivity index (χ3n) is 2.50. The molecule has 0 spiro atoms. The molecule has 0 saturated carbocycles. The maximum absolute atomic E-state index is 11.5.